The van der Waals surface area contributed by atoms with Gasteiger partial charge in [0, 0.05) is 63.8 Å². The quantitative estimate of drug-likeness (QED) is 0.546. The van der Waals surface area contributed by atoms with Crippen LogP contribution in [0.3, 0.4) is 0 Å². The number of carbonyl (C=O) groups excluding carboxylic acids is 2. The molecule has 1 aliphatic rings. The molecule has 1 aliphatic heterocycles. The van der Waals surface area contributed by atoms with Gasteiger partial charge < -0.3 is 15.5 Å². The van der Waals surface area contributed by atoms with E-state index in [1.807, 2.05) is 29.6 Å². The first-order valence-electron chi connectivity index (χ1n) is 10.6. The number of carbonyl (C=O) groups is 2. The van der Waals surface area contributed by atoms with Crippen LogP contribution in [0.25, 0.3) is 0 Å². The van der Waals surface area contributed by atoms with Crippen LogP contribution in [0.2, 0.25) is 0 Å². The van der Waals surface area contributed by atoms with Crippen molar-refractivity contribution in [2.75, 3.05) is 44.2 Å². The summed E-state index contributed by atoms with van der Waals surface area (Å²) in [5.41, 5.74) is 1.57. The van der Waals surface area contributed by atoms with Gasteiger partial charge in [-0.1, -0.05) is 18.2 Å². The maximum atomic E-state index is 12.4. The van der Waals surface area contributed by atoms with E-state index < -0.39 is 0 Å². The lowest BCUT2D eigenvalue weighted by molar-refractivity contribution is 0.0941. The van der Waals surface area contributed by atoms with Crippen LogP contribution in [0.4, 0.5) is 5.95 Å². The number of aromatic nitrogens is 2. The zero-order valence-corrected chi connectivity index (χ0v) is 18.6. The molecule has 4 rings (SSSR count). The normalized spacial score (nSPS) is 14.2. The number of anilines is 1. The Morgan fingerprint density at radius 1 is 0.906 bits per heavy atom. The molecular weight excluding hydrogens is 424 g/mol. The molecule has 3 heterocycles. The maximum Gasteiger partial charge on any atom is 0.261 e. The number of hydrogen-bond donors (Lipinski definition) is 2. The molecule has 0 spiro atoms. The Morgan fingerprint density at radius 2 is 1.66 bits per heavy atom. The number of benzene rings is 1. The molecule has 0 radical (unpaired) electrons. The number of piperazine rings is 1. The van der Waals surface area contributed by atoms with Gasteiger partial charge in [-0.2, -0.15) is 0 Å². The molecule has 2 N–H and O–H groups in total. The molecule has 0 atom stereocenters. The van der Waals surface area contributed by atoms with E-state index in [2.05, 4.69) is 30.4 Å². The van der Waals surface area contributed by atoms with Gasteiger partial charge >= 0.3 is 0 Å². The van der Waals surface area contributed by atoms with Crippen LogP contribution in [0.5, 0.6) is 0 Å². The lowest BCUT2D eigenvalue weighted by Crippen LogP contribution is -2.49. The van der Waals surface area contributed by atoms with Crippen molar-refractivity contribution in [1.82, 2.24) is 25.5 Å². The molecule has 0 bridgehead atoms. The average Bonchev–Trinajstić information content (AvgIpc) is 3.39. The van der Waals surface area contributed by atoms with Crippen molar-refractivity contribution in [2.24, 2.45) is 0 Å². The molecule has 1 fully saturated rings. The lowest BCUT2D eigenvalue weighted by Gasteiger charge is -2.34. The summed E-state index contributed by atoms with van der Waals surface area (Å²) in [7, 11) is 0. The predicted molar refractivity (Wildman–Crippen MR) is 125 cm³/mol. The van der Waals surface area contributed by atoms with Crippen LogP contribution in [0, 0.1) is 0 Å². The minimum absolute atomic E-state index is 0.0843. The second-order valence-electron chi connectivity index (χ2n) is 7.49. The number of hydrogen-bond acceptors (Lipinski definition) is 7. The van der Waals surface area contributed by atoms with Gasteiger partial charge in [0.15, 0.2) is 0 Å². The van der Waals surface area contributed by atoms with Gasteiger partial charge in [-0.15, -0.1) is 11.3 Å². The van der Waals surface area contributed by atoms with Crippen molar-refractivity contribution in [1.29, 1.82) is 0 Å². The van der Waals surface area contributed by atoms with Gasteiger partial charge in [-0.3, -0.25) is 14.5 Å². The molecule has 166 valence electrons. The van der Waals surface area contributed by atoms with E-state index in [1.54, 1.807) is 30.6 Å². The van der Waals surface area contributed by atoms with E-state index in [0.29, 0.717) is 23.5 Å². The highest BCUT2D eigenvalue weighted by molar-refractivity contribution is 7.12. The summed E-state index contributed by atoms with van der Waals surface area (Å²) in [5.74, 6) is 0.601. The number of amides is 2. The highest BCUT2D eigenvalue weighted by Gasteiger charge is 2.18. The van der Waals surface area contributed by atoms with Gasteiger partial charge in [0.05, 0.1) is 4.88 Å². The van der Waals surface area contributed by atoms with Crippen LogP contribution in [0.1, 0.15) is 25.6 Å². The molecule has 3 aromatic rings. The third kappa shape index (κ3) is 5.89. The lowest BCUT2D eigenvalue weighted by atomic mass is 10.1. The first-order valence-corrected chi connectivity index (χ1v) is 11.5. The fraction of sp³-hybridized carbons (Fsp3) is 0.304. The Labute approximate surface area is 191 Å². The number of nitrogens with zero attached hydrogens (tertiary/aromatic N) is 4. The molecule has 32 heavy (non-hydrogen) atoms. The topological polar surface area (TPSA) is 90.5 Å². The summed E-state index contributed by atoms with van der Waals surface area (Å²) in [6, 6.07) is 12.8. The minimum atomic E-state index is -0.0875. The number of thiophene rings is 1. The van der Waals surface area contributed by atoms with Gasteiger partial charge in [0.2, 0.25) is 5.95 Å². The SMILES string of the molecule is O=C(NCCN1CCN(c2ncccn2)CC1)c1ccc(CNC(=O)c2cccs2)cc1. The smallest absolute Gasteiger partial charge is 0.261 e. The number of rotatable bonds is 8. The van der Waals surface area contributed by atoms with Gasteiger partial charge in [0.25, 0.3) is 11.8 Å². The predicted octanol–water partition coefficient (Wildman–Crippen LogP) is 2.02. The van der Waals surface area contributed by atoms with E-state index in [1.165, 1.54) is 11.3 Å². The van der Waals surface area contributed by atoms with E-state index in [9.17, 15) is 9.59 Å². The Hall–Kier alpha value is -3.30. The first-order chi connectivity index (χ1) is 15.7. The standard InChI is InChI=1S/C23H26N6O2S/c30-21(19-6-4-18(5-7-19)17-27-22(31)20-3-1-16-32-20)24-10-11-28-12-14-29(15-13-28)23-25-8-2-9-26-23/h1-9,16H,10-15,17H2,(H,24,30)(H,27,31). The third-order valence-electron chi connectivity index (χ3n) is 5.34. The molecule has 2 aromatic heterocycles. The Bertz CT molecular complexity index is 1000. The second kappa shape index (κ2) is 10.8. The fourth-order valence-electron chi connectivity index (χ4n) is 3.51. The van der Waals surface area contributed by atoms with Gasteiger partial charge in [0.1, 0.15) is 0 Å². The van der Waals surface area contributed by atoms with E-state index in [-0.39, 0.29) is 11.8 Å². The summed E-state index contributed by atoms with van der Waals surface area (Å²) in [4.78, 5) is 38.3. The summed E-state index contributed by atoms with van der Waals surface area (Å²) in [6.45, 7) is 5.42. The second-order valence-corrected chi connectivity index (χ2v) is 8.44. The summed E-state index contributed by atoms with van der Waals surface area (Å²) in [5, 5.41) is 7.76. The van der Waals surface area contributed by atoms with Crippen LogP contribution in [-0.4, -0.2) is 66.0 Å². The largest absolute Gasteiger partial charge is 0.351 e. The average molecular weight is 451 g/mol. The fourth-order valence-corrected chi connectivity index (χ4v) is 4.15. The molecule has 0 saturated carbocycles. The van der Waals surface area contributed by atoms with Crippen molar-refractivity contribution >= 4 is 29.1 Å². The molecule has 2 amide bonds. The first kappa shape index (κ1) is 21.9. The third-order valence-corrected chi connectivity index (χ3v) is 6.20. The molecule has 0 unspecified atom stereocenters. The summed E-state index contributed by atoms with van der Waals surface area (Å²) >= 11 is 1.41. The van der Waals surface area contributed by atoms with Gasteiger partial charge in [-0.25, -0.2) is 9.97 Å². The van der Waals surface area contributed by atoms with Crippen molar-refractivity contribution in [2.45, 2.75) is 6.54 Å². The van der Waals surface area contributed by atoms with Crippen molar-refractivity contribution in [3.8, 4) is 0 Å². The van der Waals surface area contributed by atoms with E-state index in [0.717, 1.165) is 44.2 Å². The Balaban J connectivity index is 1.16. The van der Waals surface area contributed by atoms with Crippen molar-refractivity contribution < 1.29 is 9.59 Å². The van der Waals surface area contributed by atoms with Crippen LogP contribution >= 0.6 is 11.3 Å². The molecule has 1 saturated heterocycles. The zero-order valence-electron chi connectivity index (χ0n) is 17.7. The van der Waals surface area contributed by atoms with E-state index >= 15 is 0 Å². The van der Waals surface area contributed by atoms with Gasteiger partial charge in [-0.05, 0) is 35.2 Å². The van der Waals surface area contributed by atoms with E-state index in [4.69, 9.17) is 0 Å². The van der Waals surface area contributed by atoms with Crippen molar-refractivity contribution in [3.63, 3.8) is 0 Å². The maximum absolute atomic E-state index is 12.4. The minimum Gasteiger partial charge on any atom is -0.351 e. The zero-order chi connectivity index (χ0) is 22.2. The molecule has 8 nitrogen and oxygen atoms in total. The Morgan fingerprint density at radius 3 is 2.34 bits per heavy atom. The van der Waals surface area contributed by atoms with Crippen LogP contribution in [-0.2, 0) is 6.54 Å². The summed E-state index contributed by atoms with van der Waals surface area (Å²) < 4.78 is 0. The van der Waals surface area contributed by atoms with Crippen molar-refractivity contribution in [3.05, 3.63) is 76.2 Å². The molecule has 0 aliphatic carbocycles. The highest BCUT2D eigenvalue weighted by atomic mass is 32.1. The molecule has 9 heteroatoms. The van der Waals surface area contributed by atoms with Crippen LogP contribution in [0.15, 0.2) is 60.2 Å². The van der Waals surface area contributed by atoms with Crippen LogP contribution < -0.4 is 15.5 Å². The summed E-state index contributed by atoms with van der Waals surface area (Å²) in [6.07, 6.45) is 3.52. The molecular formula is C23H26N6O2S. The monoisotopic (exact) mass is 450 g/mol. The molecule has 1 aromatic carbocycles. The highest BCUT2D eigenvalue weighted by Crippen LogP contribution is 2.10. The number of nitrogens with one attached hydrogen (secondary N) is 2. The Kier molecular flexibility index (Phi) is 7.42.